The number of carbonyl (C=O) groups is 1. The maximum Gasteiger partial charge on any atom is 0.216 e. The van der Waals surface area contributed by atoms with Crippen molar-refractivity contribution in [1.29, 1.82) is 0 Å². The Kier molecular flexibility index (Phi) is 4.36. The first-order valence-corrected chi connectivity index (χ1v) is 6.89. The molecule has 1 aromatic carbocycles. The van der Waals surface area contributed by atoms with Gasteiger partial charge in [0.25, 0.3) is 0 Å². The van der Waals surface area contributed by atoms with Gasteiger partial charge in [0, 0.05) is 11.6 Å². The zero-order valence-electron chi connectivity index (χ0n) is 12.9. The number of hydrogen-bond acceptors (Lipinski definition) is 4. The second kappa shape index (κ2) is 6.04. The van der Waals surface area contributed by atoms with Gasteiger partial charge in [0.05, 0.1) is 19.2 Å². The Bertz CT molecular complexity index is 628. The standard InChI is InChI=1S/C17H20N2O2/c1-17(2,3)13-7-5-12(6-8-13)15(20)9-14-10-16(21-4)19-11-18-14/h5-8,10-11H,9H2,1-4H3. The van der Waals surface area contributed by atoms with Gasteiger partial charge < -0.3 is 4.74 Å². The Balaban J connectivity index is 2.13. The first-order chi connectivity index (χ1) is 9.90. The highest BCUT2D eigenvalue weighted by molar-refractivity contribution is 5.97. The van der Waals surface area contributed by atoms with E-state index in [1.54, 1.807) is 13.2 Å². The van der Waals surface area contributed by atoms with Crippen molar-refractivity contribution < 1.29 is 9.53 Å². The summed E-state index contributed by atoms with van der Waals surface area (Å²) in [6.45, 7) is 6.45. The van der Waals surface area contributed by atoms with E-state index in [0.717, 1.165) is 0 Å². The Morgan fingerprint density at radius 2 is 1.81 bits per heavy atom. The molecular formula is C17H20N2O2. The highest BCUT2D eigenvalue weighted by Gasteiger charge is 2.15. The number of Topliss-reactive ketones (excluding diaryl/α,β-unsaturated/α-hetero) is 1. The number of ketones is 1. The summed E-state index contributed by atoms with van der Waals surface area (Å²) in [5.74, 6) is 0.507. The van der Waals surface area contributed by atoms with Crippen LogP contribution in [0.2, 0.25) is 0 Å². The van der Waals surface area contributed by atoms with Crippen LogP contribution in [0, 0.1) is 0 Å². The molecule has 4 heteroatoms. The van der Waals surface area contributed by atoms with E-state index in [0.29, 0.717) is 17.1 Å². The third-order valence-corrected chi connectivity index (χ3v) is 3.32. The summed E-state index contributed by atoms with van der Waals surface area (Å²) in [5.41, 5.74) is 2.65. The van der Waals surface area contributed by atoms with Gasteiger partial charge in [-0.2, -0.15) is 0 Å². The highest BCUT2D eigenvalue weighted by atomic mass is 16.5. The summed E-state index contributed by atoms with van der Waals surface area (Å²) in [5, 5.41) is 0. The van der Waals surface area contributed by atoms with Crippen LogP contribution in [0.1, 0.15) is 42.4 Å². The van der Waals surface area contributed by atoms with Crippen LogP contribution in [-0.4, -0.2) is 22.9 Å². The summed E-state index contributed by atoms with van der Waals surface area (Å²) in [7, 11) is 1.54. The van der Waals surface area contributed by atoms with Gasteiger partial charge in [-0.05, 0) is 11.0 Å². The molecule has 0 amide bonds. The molecular weight excluding hydrogens is 264 g/mol. The largest absolute Gasteiger partial charge is 0.481 e. The molecule has 0 saturated heterocycles. The van der Waals surface area contributed by atoms with Crippen molar-refractivity contribution in [3.05, 3.63) is 53.5 Å². The highest BCUT2D eigenvalue weighted by Crippen LogP contribution is 2.22. The summed E-state index contributed by atoms with van der Waals surface area (Å²) in [4.78, 5) is 20.3. The van der Waals surface area contributed by atoms with Gasteiger partial charge in [-0.25, -0.2) is 9.97 Å². The minimum Gasteiger partial charge on any atom is -0.481 e. The molecule has 2 aromatic rings. The van der Waals surface area contributed by atoms with Crippen LogP contribution < -0.4 is 4.74 Å². The van der Waals surface area contributed by atoms with Crippen LogP contribution in [-0.2, 0) is 11.8 Å². The molecule has 0 radical (unpaired) electrons. The van der Waals surface area contributed by atoms with Crippen molar-refractivity contribution >= 4 is 5.78 Å². The molecule has 0 atom stereocenters. The minimum atomic E-state index is 0.0382. The van der Waals surface area contributed by atoms with Crippen molar-refractivity contribution in [2.45, 2.75) is 32.6 Å². The monoisotopic (exact) mass is 284 g/mol. The molecule has 0 spiro atoms. The van der Waals surface area contributed by atoms with Gasteiger partial charge in [0.1, 0.15) is 6.33 Å². The molecule has 1 heterocycles. The summed E-state index contributed by atoms with van der Waals surface area (Å²) in [6, 6.07) is 9.45. The van der Waals surface area contributed by atoms with Crippen LogP contribution in [0.15, 0.2) is 36.7 Å². The van der Waals surface area contributed by atoms with E-state index < -0.39 is 0 Å². The fraction of sp³-hybridized carbons (Fsp3) is 0.353. The SMILES string of the molecule is COc1cc(CC(=O)c2ccc(C(C)(C)C)cc2)ncn1. The van der Waals surface area contributed by atoms with E-state index in [9.17, 15) is 4.79 Å². The fourth-order valence-electron chi connectivity index (χ4n) is 2.01. The zero-order chi connectivity index (χ0) is 15.5. The Morgan fingerprint density at radius 1 is 1.14 bits per heavy atom. The van der Waals surface area contributed by atoms with Gasteiger partial charge in [-0.1, -0.05) is 45.0 Å². The van der Waals surface area contributed by atoms with Crippen molar-refractivity contribution in [2.24, 2.45) is 0 Å². The van der Waals surface area contributed by atoms with Gasteiger partial charge >= 0.3 is 0 Å². The van der Waals surface area contributed by atoms with Crippen LogP contribution in [0.5, 0.6) is 5.88 Å². The van der Waals surface area contributed by atoms with Gasteiger partial charge in [0.15, 0.2) is 5.78 Å². The van der Waals surface area contributed by atoms with Crippen molar-refractivity contribution in [3.63, 3.8) is 0 Å². The van der Waals surface area contributed by atoms with Crippen LogP contribution in [0.4, 0.5) is 0 Å². The molecule has 0 bridgehead atoms. The predicted octanol–water partition coefficient (Wildman–Crippen LogP) is 3.21. The molecule has 110 valence electrons. The van der Waals surface area contributed by atoms with Gasteiger partial charge in [0.2, 0.25) is 5.88 Å². The average molecular weight is 284 g/mol. The lowest BCUT2D eigenvalue weighted by Crippen LogP contribution is -2.12. The molecule has 0 aliphatic rings. The van der Waals surface area contributed by atoms with Crippen LogP contribution in [0.25, 0.3) is 0 Å². The number of aromatic nitrogens is 2. The van der Waals surface area contributed by atoms with E-state index >= 15 is 0 Å². The number of ether oxygens (including phenoxy) is 1. The summed E-state index contributed by atoms with van der Waals surface area (Å²) in [6.07, 6.45) is 1.65. The number of hydrogen-bond donors (Lipinski definition) is 0. The van der Waals surface area contributed by atoms with E-state index in [4.69, 9.17) is 4.74 Å². The first-order valence-electron chi connectivity index (χ1n) is 6.89. The van der Waals surface area contributed by atoms with Crippen molar-refractivity contribution in [3.8, 4) is 5.88 Å². The normalized spacial score (nSPS) is 11.2. The average Bonchev–Trinajstić information content (AvgIpc) is 2.46. The third-order valence-electron chi connectivity index (χ3n) is 3.32. The molecule has 0 aliphatic heterocycles. The van der Waals surface area contributed by atoms with E-state index in [-0.39, 0.29) is 17.6 Å². The van der Waals surface area contributed by atoms with Crippen molar-refractivity contribution in [2.75, 3.05) is 7.11 Å². The molecule has 0 unspecified atom stereocenters. The van der Waals surface area contributed by atoms with Crippen molar-refractivity contribution in [1.82, 2.24) is 9.97 Å². The number of carbonyl (C=O) groups excluding carboxylic acids is 1. The molecule has 0 fully saturated rings. The van der Waals surface area contributed by atoms with E-state index in [1.807, 2.05) is 24.3 Å². The Morgan fingerprint density at radius 3 is 2.38 bits per heavy atom. The third kappa shape index (κ3) is 3.88. The molecule has 0 saturated carbocycles. The molecule has 1 aromatic heterocycles. The Labute approximate surface area is 125 Å². The maximum absolute atomic E-state index is 12.3. The number of nitrogens with zero attached hydrogens (tertiary/aromatic N) is 2. The Hall–Kier alpha value is -2.23. The number of rotatable bonds is 4. The minimum absolute atomic E-state index is 0.0382. The topological polar surface area (TPSA) is 52.1 Å². The summed E-state index contributed by atoms with van der Waals surface area (Å²) < 4.78 is 5.03. The van der Waals surface area contributed by atoms with Crippen LogP contribution >= 0.6 is 0 Å². The maximum atomic E-state index is 12.3. The lowest BCUT2D eigenvalue weighted by atomic mass is 9.86. The lowest BCUT2D eigenvalue weighted by Gasteiger charge is -2.18. The van der Waals surface area contributed by atoms with E-state index in [2.05, 4.69) is 30.7 Å². The number of benzene rings is 1. The zero-order valence-corrected chi connectivity index (χ0v) is 12.9. The smallest absolute Gasteiger partial charge is 0.216 e. The lowest BCUT2D eigenvalue weighted by molar-refractivity contribution is 0.0992. The van der Waals surface area contributed by atoms with E-state index in [1.165, 1.54) is 11.9 Å². The second-order valence-electron chi connectivity index (χ2n) is 5.98. The second-order valence-corrected chi connectivity index (χ2v) is 5.98. The fourth-order valence-corrected chi connectivity index (χ4v) is 2.01. The quantitative estimate of drug-likeness (QED) is 0.809. The van der Waals surface area contributed by atoms with Gasteiger partial charge in [-0.3, -0.25) is 4.79 Å². The molecule has 4 nitrogen and oxygen atoms in total. The predicted molar refractivity (Wildman–Crippen MR) is 81.8 cm³/mol. The molecule has 21 heavy (non-hydrogen) atoms. The molecule has 2 rings (SSSR count). The molecule has 0 aliphatic carbocycles. The summed E-state index contributed by atoms with van der Waals surface area (Å²) >= 11 is 0. The van der Waals surface area contributed by atoms with Crippen LogP contribution in [0.3, 0.4) is 0 Å². The van der Waals surface area contributed by atoms with Gasteiger partial charge in [-0.15, -0.1) is 0 Å². The number of methoxy groups -OCH3 is 1. The molecule has 0 N–H and O–H groups in total. The first kappa shape index (κ1) is 15.2.